The number of nitrogens with one attached hydrogen (secondary N) is 1. The fraction of sp³-hybridized carbons (Fsp3) is 0.818. The number of rotatable bonds is 4. The maximum atomic E-state index is 12.0. The van der Waals surface area contributed by atoms with Crippen molar-refractivity contribution >= 4 is 21.7 Å². The third kappa shape index (κ3) is 3.44. The highest BCUT2D eigenvalue weighted by Gasteiger charge is 2.40. The standard InChI is InChI=1S/C11H20N2O4S/c1-7(2)9-10(14)12-8(3)11(15)13(9)5-6-18(4,16)17/h7-9H,5-6H2,1-4H3,(H,12,14). The lowest BCUT2D eigenvalue weighted by Crippen LogP contribution is -2.64. The largest absolute Gasteiger partial charge is 0.343 e. The molecule has 1 rings (SSSR count). The molecule has 0 saturated carbocycles. The van der Waals surface area contributed by atoms with Crippen LogP contribution in [0, 0.1) is 5.92 Å². The second-order valence-corrected chi connectivity index (χ2v) is 7.34. The molecule has 0 spiro atoms. The van der Waals surface area contributed by atoms with Crippen molar-refractivity contribution in [3.63, 3.8) is 0 Å². The van der Waals surface area contributed by atoms with Gasteiger partial charge in [0.2, 0.25) is 11.8 Å². The Balaban J connectivity index is 2.92. The molecular formula is C11H20N2O4S. The fourth-order valence-corrected chi connectivity index (χ4v) is 2.59. The Kier molecular flexibility index (Phi) is 4.37. The van der Waals surface area contributed by atoms with Crippen molar-refractivity contribution < 1.29 is 18.0 Å². The maximum absolute atomic E-state index is 12.0. The van der Waals surface area contributed by atoms with E-state index in [-0.39, 0.29) is 30.0 Å². The zero-order valence-corrected chi connectivity index (χ0v) is 12.0. The summed E-state index contributed by atoms with van der Waals surface area (Å²) in [6.07, 6.45) is 1.12. The molecule has 1 saturated heterocycles. The minimum atomic E-state index is -3.16. The van der Waals surface area contributed by atoms with Gasteiger partial charge in [-0.1, -0.05) is 13.8 Å². The van der Waals surface area contributed by atoms with Gasteiger partial charge in [0.15, 0.2) is 0 Å². The quantitative estimate of drug-likeness (QED) is 0.743. The van der Waals surface area contributed by atoms with Crippen LogP contribution in [0.2, 0.25) is 0 Å². The van der Waals surface area contributed by atoms with Crippen LogP contribution in [0.1, 0.15) is 20.8 Å². The van der Waals surface area contributed by atoms with Gasteiger partial charge in [-0.3, -0.25) is 9.59 Å². The van der Waals surface area contributed by atoms with Crippen molar-refractivity contribution in [2.24, 2.45) is 5.92 Å². The molecule has 18 heavy (non-hydrogen) atoms. The molecule has 6 nitrogen and oxygen atoms in total. The highest BCUT2D eigenvalue weighted by molar-refractivity contribution is 7.90. The number of nitrogens with zero attached hydrogens (tertiary/aromatic N) is 1. The minimum Gasteiger partial charge on any atom is -0.343 e. The molecule has 0 aromatic rings. The first-order chi connectivity index (χ1) is 8.13. The first-order valence-corrected chi connectivity index (χ1v) is 7.98. The lowest BCUT2D eigenvalue weighted by molar-refractivity contribution is -0.150. The molecule has 104 valence electrons. The number of amides is 2. The van der Waals surface area contributed by atoms with Crippen molar-refractivity contribution in [2.75, 3.05) is 18.6 Å². The summed E-state index contributed by atoms with van der Waals surface area (Å²) in [4.78, 5) is 25.3. The number of piperazine rings is 1. The number of carbonyl (C=O) groups is 2. The molecule has 1 heterocycles. The van der Waals surface area contributed by atoms with Gasteiger partial charge in [0.1, 0.15) is 21.9 Å². The van der Waals surface area contributed by atoms with E-state index >= 15 is 0 Å². The Morgan fingerprint density at radius 3 is 2.33 bits per heavy atom. The monoisotopic (exact) mass is 276 g/mol. The summed E-state index contributed by atoms with van der Waals surface area (Å²) in [5.74, 6) is -0.620. The molecular weight excluding hydrogens is 256 g/mol. The number of sulfone groups is 1. The smallest absolute Gasteiger partial charge is 0.245 e. The lowest BCUT2D eigenvalue weighted by Gasteiger charge is -2.39. The maximum Gasteiger partial charge on any atom is 0.245 e. The number of carbonyl (C=O) groups excluding carboxylic acids is 2. The van der Waals surface area contributed by atoms with Crippen LogP contribution in [0.5, 0.6) is 0 Å². The van der Waals surface area contributed by atoms with Crippen molar-refractivity contribution in [1.82, 2.24) is 10.2 Å². The molecule has 2 unspecified atom stereocenters. The van der Waals surface area contributed by atoms with E-state index in [1.807, 2.05) is 13.8 Å². The van der Waals surface area contributed by atoms with Gasteiger partial charge in [-0.25, -0.2) is 8.42 Å². The van der Waals surface area contributed by atoms with Crippen LogP contribution in [-0.4, -0.2) is 55.8 Å². The predicted molar refractivity (Wildman–Crippen MR) is 67.7 cm³/mol. The normalized spacial score (nSPS) is 25.5. The summed E-state index contributed by atoms with van der Waals surface area (Å²) in [6, 6.07) is -1.18. The highest BCUT2D eigenvalue weighted by Crippen LogP contribution is 2.17. The van der Waals surface area contributed by atoms with E-state index in [0.29, 0.717) is 0 Å². The predicted octanol–water partition coefficient (Wildman–Crippen LogP) is -0.597. The SMILES string of the molecule is CC1NC(=O)C(C(C)C)N(CCS(C)(=O)=O)C1=O. The Labute approximate surface area is 108 Å². The molecule has 1 N–H and O–H groups in total. The van der Waals surface area contributed by atoms with Gasteiger partial charge in [-0.2, -0.15) is 0 Å². The van der Waals surface area contributed by atoms with Crippen molar-refractivity contribution in [3.8, 4) is 0 Å². The van der Waals surface area contributed by atoms with E-state index < -0.39 is 21.9 Å². The van der Waals surface area contributed by atoms with E-state index in [4.69, 9.17) is 0 Å². The summed E-state index contributed by atoms with van der Waals surface area (Å²) in [6.45, 7) is 5.34. The summed E-state index contributed by atoms with van der Waals surface area (Å²) in [5.41, 5.74) is 0. The van der Waals surface area contributed by atoms with Crippen LogP contribution in [0.3, 0.4) is 0 Å². The molecule has 7 heteroatoms. The molecule has 0 radical (unpaired) electrons. The van der Waals surface area contributed by atoms with Crippen LogP contribution < -0.4 is 5.32 Å². The molecule has 0 aliphatic carbocycles. The highest BCUT2D eigenvalue weighted by atomic mass is 32.2. The van der Waals surface area contributed by atoms with Crippen molar-refractivity contribution in [2.45, 2.75) is 32.9 Å². The van der Waals surface area contributed by atoms with E-state index in [1.54, 1.807) is 6.92 Å². The Morgan fingerprint density at radius 1 is 1.33 bits per heavy atom. The zero-order chi connectivity index (χ0) is 14.1. The molecule has 1 fully saturated rings. The Hall–Kier alpha value is -1.11. The van der Waals surface area contributed by atoms with Crippen molar-refractivity contribution in [3.05, 3.63) is 0 Å². The average molecular weight is 276 g/mol. The molecule has 1 aliphatic rings. The number of hydrogen-bond donors (Lipinski definition) is 1. The van der Waals surface area contributed by atoms with E-state index in [2.05, 4.69) is 5.32 Å². The summed E-state index contributed by atoms with van der Waals surface area (Å²) in [5, 5.41) is 2.61. The molecule has 0 aromatic carbocycles. The van der Waals surface area contributed by atoms with Gasteiger partial charge in [0.05, 0.1) is 5.75 Å². The van der Waals surface area contributed by atoms with Gasteiger partial charge in [-0.05, 0) is 12.8 Å². The van der Waals surface area contributed by atoms with Gasteiger partial charge < -0.3 is 10.2 Å². The third-order valence-electron chi connectivity index (χ3n) is 2.95. The van der Waals surface area contributed by atoms with Crippen LogP contribution in [0.4, 0.5) is 0 Å². The fourth-order valence-electron chi connectivity index (χ4n) is 2.06. The van der Waals surface area contributed by atoms with Gasteiger partial charge in [0, 0.05) is 12.8 Å². The summed E-state index contributed by atoms with van der Waals surface area (Å²) in [7, 11) is -3.16. The Bertz CT molecular complexity index is 444. The van der Waals surface area contributed by atoms with Crippen LogP contribution in [-0.2, 0) is 19.4 Å². The second-order valence-electron chi connectivity index (χ2n) is 5.08. The molecule has 0 aromatic heterocycles. The number of hydrogen-bond acceptors (Lipinski definition) is 4. The first kappa shape index (κ1) is 14.9. The average Bonchev–Trinajstić information content (AvgIpc) is 2.19. The minimum absolute atomic E-state index is 0.0546. The van der Waals surface area contributed by atoms with Crippen molar-refractivity contribution in [1.29, 1.82) is 0 Å². The van der Waals surface area contributed by atoms with Gasteiger partial charge in [0.25, 0.3) is 0 Å². The lowest BCUT2D eigenvalue weighted by atomic mass is 9.97. The van der Waals surface area contributed by atoms with E-state index in [1.165, 1.54) is 4.90 Å². The second kappa shape index (κ2) is 5.26. The summed E-state index contributed by atoms with van der Waals surface area (Å²) < 4.78 is 22.4. The third-order valence-corrected chi connectivity index (χ3v) is 3.88. The van der Waals surface area contributed by atoms with Gasteiger partial charge >= 0.3 is 0 Å². The van der Waals surface area contributed by atoms with Crippen LogP contribution in [0.15, 0.2) is 0 Å². The van der Waals surface area contributed by atoms with Crippen LogP contribution >= 0.6 is 0 Å². The molecule has 0 bridgehead atoms. The Morgan fingerprint density at radius 2 is 1.89 bits per heavy atom. The molecule has 2 amide bonds. The summed E-state index contributed by atoms with van der Waals surface area (Å²) >= 11 is 0. The first-order valence-electron chi connectivity index (χ1n) is 5.92. The topological polar surface area (TPSA) is 83.6 Å². The molecule has 2 atom stereocenters. The van der Waals surface area contributed by atoms with E-state index in [9.17, 15) is 18.0 Å². The van der Waals surface area contributed by atoms with Gasteiger partial charge in [-0.15, -0.1) is 0 Å². The zero-order valence-electron chi connectivity index (χ0n) is 11.1. The van der Waals surface area contributed by atoms with E-state index in [0.717, 1.165) is 6.26 Å². The van der Waals surface area contributed by atoms with Crippen LogP contribution in [0.25, 0.3) is 0 Å². The molecule has 1 aliphatic heterocycles.